The second-order valence-electron chi connectivity index (χ2n) is 7.17. The van der Waals surface area contributed by atoms with Crippen molar-refractivity contribution in [3.05, 3.63) is 53.6 Å². The van der Waals surface area contributed by atoms with Crippen molar-refractivity contribution >= 4 is 23.5 Å². The van der Waals surface area contributed by atoms with E-state index in [0.717, 1.165) is 17.7 Å². The largest absolute Gasteiger partial charge is 0.454 e. The molecule has 30 heavy (non-hydrogen) atoms. The molecule has 2 aliphatic heterocycles. The fraction of sp³-hybridized carbons (Fsp3) is 0.318. The number of nitrogens with zero attached hydrogens (tertiary/aromatic N) is 1. The molecule has 0 spiro atoms. The van der Waals surface area contributed by atoms with Crippen LogP contribution in [0.3, 0.4) is 0 Å². The van der Waals surface area contributed by atoms with Crippen LogP contribution in [0.15, 0.2) is 42.5 Å². The summed E-state index contributed by atoms with van der Waals surface area (Å²) < 4.78 is 15.7. The zero-order valence-corrected chi connectivity index (χ0v) is 16.6. The van der Waals surface area contributed by atoms with Crippen molar-refractivity contribution in [2.45, 2.75) is 25.8 Å². The molecule has 0 aliphatic carbocycles. The van der Waals surface area contributed by atoms with Crippen LogP contribution in [0.25, 0.3) is 0 Å². The first-order valence-electron chi connectivity index (χ1n) is 9.78. The highest BCUT2D eigenvalue weighted by molar-refractivity contribution is 5.96. The lowest BCUT2D eigenvalue weighted by Crippen LogP contribution is -2.31. The van der Waals surface area contributed by atoms with Gasteiger partial charge in [-0.15, -0.1) is 0 Å². The van der Waals surface area contributed by atoms with Crippen molar-refractivity contribution in [1.29, 1.82) is 0 Å². The Morgan fingerprint density at radius 1 is 1.13 bits per heavy atom. The smallest absolute Gasteiger partial charge is 0.338 e. The maximum absolute atomic E-state index is 12.2. The quantitative estimate of drug-likeness (QED) is 0.736. The van der Waals surface area contributed by atoms with Crippen LogP contribution in [0.1, 0.15) is 41.7 Å². The molecule has 0 aromatic heterocycles. The molecule has 2 amide bonds. The lowest BCUT2D eigenvalue weighted by molar-refractivity contribution is -0.124. The van der Waals surface area contributed by atoms with Crippen molar-refractivity contribution in [3.63, 3.8) is 0 Å². The molecule has 2 heterocycles. The molecule has 1 fully saturated rings. The fourth-order valence-electron chi connectivity index (χ4n) is 3.46. The lowest BCUT2D eigenvalue weighted by atomic mass is 10.1. The number of carbonyl (C=O) groups is 3. The van der Waals surface area contributed by atoms with Gasteiger partial charge in [-0.3, -0.25) is 9.59 Å². The van der Waals surface area contributed by atoms with Crippen LogP contribution in [-0.4, -0.2) is 37.7 Å². The molecule has 1 N–H and O–H groups in total. The first-order chi connectivity index (χ1) is 14.5. The molecule has 2 aliphatic rings. The zero-order chi connectivity index (χ0) is 21.1. The molecule has 2 aromatic carbocycles. The van der Waals surface area contributed by atoms with E-state index in [4.69, 9.17) is 14.2 Å². The Balaban J connectivity index is 1.28. The molecule has 1 saturated heterocycles. The van der Waals surface area contributed by atoms with Gasteiger partial charge in [0, 0.05) is 18.7 Å². The predicted octanol–water partition coefficient (Wildman–Crippen LogP) is 2.58. The van der Waals surface area contributed by atoms with Crippen molar-refractivity contribution in [2.24, 2.45) is 0 Å². The van der Waals surface area contributed by atoms with E-state index in [1.165, 1.54) is 0 Å². The Bertz CT molecular complexity index is 972. The molecule has 0 bridgehead atoms. The average molecular weight is 410 g/mol. The Kier molecular flexibility index (Phi) is 5.56. The first kappa shape index (κ1) is 19.8. The van der Waals surface area contributed by atoms with Crippen LogP contribution in [0.2, 0.25) is 0 Å². The highest BCUT2D eigenvalue weighted by Gasteiger charge is 2.22. The zero-order valence-electron chi connectivity index (χ0n) is 16.6. The van der Waals surface area contributed by atoms with E-state index in [0.29, 0.717) is 30.0 Å². The number of fused-ring (bicyclic) bond motifs is 1. The number of amides is 2. The van der Waals surface area contributed by atoms with Gasteiger partial charge in [-0.2, -0.15) is 0 Å². The minimum absolute atomic E-state index is 0.0820. The normalized spacial score (nSPS) is 15.8. The van der Waals surface area contributed by atoms with Gasteiger partial charge in [0.05, 0.1) is 11.6 Å². The summed E-state index contributed by atoms with van der Waals surface area (Å²) in [6.07, 6.45) is 1.38. The van der Waals surface area contributed by atoms with Crippen molar-refractivity contribution in [3.8, 4) is 11.5 Å². The minimum atomic E-state index is -0.597. The third-order valence-corrected chi connectivity index (χ3v) is 5.10. The third-order valence-electron chi connectivity index (χ3n) is 5.10. The number of ether oxygens (including phenoxy) is 3. The average Bonchev–Trinajstić information content (AvgIpc) is 3.40. The third kappa shape index (κ3) is 4.22. The molecule has 2 aromatic rings. The number of anilines is 1. The minimum Gasteiger partial charge on any atom is -0.454 e. The summed E-state index contributed by atoms with van der Waals surface area (Å²) in [6.45, 7) is 2.31. The van der Waals surface area contributed by atoms with E-state index < -0.39 is 11.9 Å². The van der Waals surface area contributed by atoms with Crippen molar-refractivity contribution in [2.75, 3.05) is 24.8 Å². The van der Waals surface area contributed by atoms with Crippen LogP contribution < -0.4 is 19.7 Å². The fourth-order valence-corrected chi connectivity index (χ4v) is 3.46. The number of nitrogens with one attached hydrogen (secondary N) is 1. The van der Waals surface area contributed by atoms with E-state index in [1.54, 1.807) is 35.2 Å². The van der Waals surface area contributed by atoms with Crippen LogP contribution >= 0.6 is 0 Å². The number of hydrogen-bond donors (Lipinski definition) is 1. The second-order valence-corrected chi connectivity index (χ2v) is 7.17. The van der Waals surface area contributed by atoms with Gasteiger partial charge < -0.3 is 24.4 Å². The maximum atomic E-state index is 12.2. The predicted molar refractivity (Wildman–Crippen MR) is 107 cm³/mol. The summed E-state index contributed by atoms with van der Waals surface area (Å²) in [5.74, 6) is 0.386. The number of benzene rings is 2. The Morgan fingerprint density at radius 3 is 2.63 bits per heavy atom. The van der Waals surface area contributed by atoms with Gasteiger partial charge >= 0.3 is 5.97 Å². The Labute approximate surface area is 173 Å². The van der Waals surface area contributed by atoms with Gasteiger partial charge in [0.1, 0.15) is 0 Å². The van der Waals surface area contributed by atoms with Gasteiger partial charge in [0.25, 0.3) is 5.91 Å². The van der Waals surface area contributed by atoms with Gasteiger partial charge in [-0.1, -0.05) is 6.07 Å². The first-order valence-corrected chi connectivity index (χ1v) is 9.78. The summed E-state index contributed by atoms with van der Waals surface area (Å²) >= 11 is 0. The number of carbonyl (C=O) groups excluding carboxylic acids is 3. The maximum Gasteiger partial charge on any atom is 0.338 e. The summed E-state index contributed by atoms with van der Waals surface area (Å²) in [4.78, 5) is 37.9. The number of esters is 1. The highest BCUT2D eigenvalue weighted by Crippen LogP contribution is 2.34. The molecule has 4 rings (SSSR count). The van der Waals surface area contributed by atoms with Gasteiger partial charge in [-0.25, -0.2) is 4.79 Å². The summed E-state index contributed by atoms with van der Waals surface area (Å²) in [5.41, 5.74) is 1.93. The number of rotatable bonds is 6. The summed E-state index contributed by atoms with van der Waals surface area (Å²) in [6, 6.07) is 11.8. The van der Waals surface area contributed by atoms with Crippen LogP contribution in [0, 0.1) is 0 Å². The van der Waals surface area contributed by atoms with Crippen LogP contribution in [-0.2, 0) is 14.3 Å². The molecule has 0 radical (unpaired) electrons. The summed E-state index contributed by atoms with van der Waals surface area (Å²) in [5, 5.41) is 2.79. The monoisotopic (exact) mass is 410 g/mol. The standard InChI is InChI=1S/C22H22N2O6/c1-14(16-6-9-18-19(11-16)30-13-29-18)23-20(25)12-28-22(27)15-4-7-17(8-5-15)24-10-2-3-21(24)26/h4-9,11,14H,2-3,10,12-13H2,1H3,(H,23,25)/t14-/m0/s1. The highest BCUT2D eigenvalue weighted by atomic mass is 16.7. The molecule has 8 heteroatoms. The van der Waals surface area contributed by atoms with Crippen molar-refractivity contribution in [1.82, 2.24) is 5.32 Å². The molecule has 8 nitrogen and oxygen atoms in total. The van der Waals surface area contributed by atoms with E-state index in [-0.39, 0.29) is 25.3 Å². The molecule has 1 atom stereocenters. The van der Waals surface area contributed by atoms with E-state index >= 15 is 0 Å². The molecule has 0 unspecified atom stereocenters. The molecule has 156 valence electrons. The Morgan fingerprint density at radius 2 is 1.90 bits per heavy atom. The topological polar surface area (TPSA) is 94.2 Å². The SMILES string of the molecule is C[C@H](NC(=O)COC(=O)c1ccc(N2CCCC2=O)cc1)c1ccc2c(c1)OCO2. The summed E-state index contributed by atoms with van der Waals surface area (Å²) in [7, 11) is 0. The van der Waals surface area contributed by atoms with Crippen LogP contribution in [0.5, 0.6) is 11.5 Å². The van der Waals surface area contributed by atoms with Crippen LogP contribution in [0.4, 0.5) is 5.69 Å². The van der Waals surface area contributed by atoms with Crippen molar-refractivity contribution < 1.29 is 28.6 Å². The van der Waals surface area contributed by atoms with E-state index in [9.17, 15) is 14.4 Å². The van der Waals surface area contributed by atoms with E-state index in [2.05, 4.69) is 5.32 Å². The molecular weight excluding hydrogens is 388 g/mol. The van der Waals surface area contributed by atoms with Gasteiger partial charge in [0.2, 0.25) is 12.7 Å². The van der Waals surface area contributed by atoms with Gasteiger partial charge in [-0.05, 0) is 55.3 Å². The Hall–Kier alpha value is -3.55. The lowest BCUT2D eigenvalue weighted by Gasteiger charge is -2.16. The second kappa shape index (κ2) is 8.44. The van der Waals surface area contributed by atoms with Gasteiger partial charge in [0.15, 0.2) is 18.1 Å². The molecule has 0 saturated carbocycles. The van der Waals surface area contributed by atoms with E-state index in [1.807, 2.05) is 19.1 Å². The number of hydrogen-bond acceptors (Lipinski definition) is 6. The molecular formula is C22H22N2O6.